The summed E-state index contributed by atoms with van der Waals surface area (Å²) in [6, 6.07) is 3.88. The fourth-order valence-electron chi connectivity index (χ4n) is 0.904. The van der Waals surface area contributed by atoms with E-state index in [-0.39, 0.29) is 12.6 Å². The number of halogens is 2. The molecule has 0 spiro atoms. The van der Waals surface area contributed by atoms with Crippen LogP contribution in [0.5, 0.6) is 0 Å². The van der Waals surface area contributed by atoms with Crippen molar-refractivity contribution in [1.29, 1.82) is 0 Å². The summed E-state index contributed by atoms with van der Waals surface area (Å²) in [5.41, 5.74) is 0. The molecule has 0 aromatic carbocycles. The Labute approximate surface area is 74.4 Å². The molecule has 1 aromatic heterocycles. The molecule has 1 N–H and O–H groups in total. The molecule has 0 saturated carbocycles. The summed E-state index contributed by atoms with van der Waals surface area (Å²) in [7, 11) is 0. The molecule has 0 amide bonds. The predicted octanol–water partition coefficient (Wildman–Crippen LogP) is 2.66. The van der Waals surface area contributed by atoms with E-state index in [1.165, 1.54) is 0 Å². The number of hydrogen-bond donors (Lipinski definition) is 1. The zero-order valence-corrected chi connectivity index (χ0v) is 7.57. The monoisotopic (exact) mass is 191 g/mol. The molecule has 0 bridgehead atoms. The Balaban J connectivity index is 2.34. The van der Waals surface area contributed by atoms with Crippen molar-refractivity contribution in [2.75, 3.05) is 6.54 Å². The van der Waals surface area contributed by atoms with Gasteiger partial charge in [-0.25, -0.2) is 8.78 Å². The van der Waals surface area contributed by atoms with Crippen LogP contribution >= 0.6 is 11.3 Å². The summed E-state index contributed by atoms with van der Waals surface area (Å²) in [4.78, 5) is 1.09. The molecule has 0 aliphatic heterocycles. The fraction of sp³-hybridized carbons (Fsp3) is 0.500. The van der Waals surface area contributed by atoms with Crippen LogP contribution in [-0.4, -0.2) is 13.0 Å². The topological polar surface area (TPSA) is 12.0 Å². The third-order valence-corrected chi connectivity index (χ3v) is 2.60. The lowest BCUT2D eigenvalue weighted by molar-refractivity contribution is 0.142. The van der Waals surface area contributed by atoms with Crippen molar-refractivity contribution >= 4 is 11.3 Å². The third kappa shape index (κ3) is 2.87. The molecule has 0 aliphatic rings. The van der Waals surface area contributed by atoms with Crippen molar-refractivity contribution in [2.24, 2.45) is 0 Å². The quantitative estimate of drug-likeness (QED) is 0.771. The maximum absolute atomic E-state index is 11.8. The van der Waals surface area contributed by atoms with E-state index in [4.69, 9.17) is 0 Å². The normalized spacial score (nSPS) is 13.7. The van der Waals surface area contributed by atoms with Gasteiger partial charge in [-0.15, -0.1) is 11.3 Å². The molecule has 0 aliphatic carbocycles. The summed E-state index contributed by atoms with van der Waals surface area (Å²) >= 11 is 1.58. The van der Waals surface area contributed by atoms with Crippen LogP contribution in [0.2, 0.25) is 0 Å². The summed E-state index contributed by atoms with van der Waals surface area (Å²) in [5, 5.41) is 4.69. The fourth-order valence-corrected chi connectivity index (χ4v) is 1.66. The van der Waals surface area contributed by atoms with Gasteiger partial charge in [0.05, 0.1) is 6.54 Å². The maximum Gasteiger partial charge on any atom is 0.250 e. The van der Waals surface area contributed by atoms with Crippen molar-refractivity contribution in [3.05, 3.63) is 22.4 Å². The highest BCUT2D eigenvalue weighted by atomic mass is 32.1. The zero-order chi connectivity index (χ0) is 8.97. The minimum atomic E-state index is -2.27. The molecule has 12 heavy (non-hydrogen) atoms. The smallest absolute Gasteiger partial charge is 0.250 e. The SMILES string of the molecule is CC(NCC(F)F)c1cccs1. The first-order valence-corrected chi connectivity index (χ1v) is 4.63. The van der Waals surface area contributed by atoms with Crippen LogP contribution < -0.4 is 5.32 Å². The van der Waals surface area contributed by atoms with E-state index in [2.05, 4.69) is 5.32 Å². The van der Waals surface area contributed by atoms with Gasteiger partial charge in [-0.3, -0.25) is 0 Å². The van der Waals surface area contributed by atoms with Crippen molar-refractivity contribution in [3.8, 4) is 0 Å². The second kappa shape index (κ2) is 4.52. The van der Waals surface area contributed by atoms with E-state index in [0.717, 1.165) is 4.88 Å². The highest BCUT2D eigenvalue weighted by molar-refractivity contribution is 7.10. The van der Waals surface area contributed by atoms with Crippen LogP contribution in [0.3, 0.4) is 0 Å². The molecule has 0 radical (unpaired) electrons. The van der Waals surface area contributed by atoms with Gasteiger partial charge >= 0.3 is 0 Å². The average molecular weight is 191 g/mol. The van der Waals surface area contributed by atoms with E-state index in [1.807, 2.05) is 24.4 Å². The number of nitrogens with one attached hydrogen (secondary N) is 1. The van der Waals surface area contributed by atoms with E-state index in [1.54, 1.807) is 11.3 Å². The zero-order valence-electron chi connectivity index (χ0n) is 6.76. The van der Waals surface area contributed by atoms with Gasteiger partial charge in [0.25, 0.3) is 6.43 Å². The van der Waals surface area contributed by atoms with E-state index >= 15 is 0 Å². The number of rotatable bonds is 4. The van der Waals surface area contributed by atoms with Crippen molar-refractivity contribution < 1.29 is 8.78 Å². The lowest BCUT2D eigenvalue weighted by Gasteiger charge is -2.10. The Morgan fingerprint density at radius 2 is 2.33 bits per heavy atom. The van der Waals surface area contributed by atoms with Gasteiger partial charge in [-0.1, -0.05) is 6.07 Å². The van der Waals surface area contributed by atoms with Crippen LogP contribution in [0.25, 0.3) is 0 Å². The van der Waals surface area contributed by atoms with Crippen molar-refractivity contribution in [2.45, 2.75) is 19.4 Å². The molecular weight excluding hydrogens is 180 g/mol. The second-order valence-electron chi connectivity index (χ2n) is 2.54. The number of alkyl halides is 2. The Hall–Kier alpha value is -0.480. The average Bonchev–Trinajstić information content (AvgIpc) is 2.51. The molecule has 1 unspecified atom stereocenters. The van der Waals surface area contributed by atoms with E-state index in [0.29, 0.717) is 0 Å². The summed E-state index contributed by atoms with van der Waals surface area (Å²) in [6.45, 7) is 1.65. The van der Waals surface area contributed by atoms with Gasteiger partial charge in [-0.2, -0.15) is 0 Å². The Bertz CT molecular complexity index is 211. The van der Waals surface area contributed by atoms with Crippen LogP contribution in [0.15, 0.2) is 17.5 Å². The van der Waals surface area contributed by atoms with Gasteiger partial charge in [0.1, 0.15) is 0 Å². The first-order chi connectivity index (χ1) is 5.70. The largest absolute Gasteiger partial charge is 0.304 e. The lowest BCUT2D eigenvalue weighted by atomic mass is 10.3. The van der Waals surface area contributed by atoms with Crippen LogP contribution in [0, 0.1) is 0 Å². The highest BCUT2D eigenvalue weighted by Crippen LogP contribution is 2.17. The van der Waals surface area contributed by atoms with Gasteiger partial charge < -0.3 is 5.32 Å². The molecule has 1 nitrogen and oxygen atoms in total. The first-order valence-electron chi connectivity index (χ1n) is 3.75. The summed E-state index contributed by atoms with van der Waals surface area (Å²) in [5.74, 6) is 0. The van der Waals surface area contributed by atoms with Crippen molar-refractivity contribution in [3.63, 3.8) is 0 Å². The molecule has 1 atom stereocenters. The molecule has 0 fully saturated rings. The van der Waals surface area contributed by atoms with Crippen LogP contribution in [-0.2, 0) is 0 Å². The minimum absolute atomic E-state index is 0.0269. The molecule has 68 valence electrons. The molecular formula is C8H11F2NS. The second-order valence-corrected chi connectivity index (χ2v) is 3.52. The molecule has 1 rings (SSSR count). The lowest BCUT2D eigenvalue weighted by Crippen LogP contribution is -2.23. The summed E-state index contributed by atoms with van der Waals surface area (Å²) in [6.07, 6.45) is -2.27. The van der Waals surface area contributed by atoms with Gasteiger partial charge in [0, 0.05) is 10.9 Å². The standard InChI is InChI=1S/C8H11F2NS/c1-6(11-5-8(9)10)7-3-2-4-12-7/h2-4,6,8,11H,5H2,1H3. The Morgan fingerprint density at radius 1 is 1.58 bits per heavy atom. The predicted molar refractivity (Wildman–Crippen MR) is 46.7 cm³/mol. The van der Waals surface area contributed by atoms with Crippen LogP contribution in [0.1, 0.15) is 17.8 Å². The van der Waals surface area contributed by atoms with Crippen LogP contribution in [0.4, 0.5) is 8.78 Å². The first kappa shape index (κ1) is 9.61. The third-order valence-electron chi connectivity index (χ3n) is 1.55. The molecule has 4 heteroatoms. The van der Waals surface area contributed by atoms with Crippen molar-refractivity contribution in [1.82, 2.24) is 5.32 Å². The summed E-state index contributed by atoms with van der Waals surface area (Å²) < 4.78 is 23.6. The molecule has 0 saturated heterocycles. The van der Waals surface area contributed by atoms with E-state index < -0.39 is 6.43 Å². The highest BCUT2D eigenvalue weighted by Gasteiger charge is 2.08. The Morgan fingerprint density at radius 3 is 2.83 bits per heavy atom. The van der Waals surface area contributed by atoms with Gasteiger partial charge in [0.2, 0.25) is 0 Å². The molecule has 1 aromatic rings. The number of thiophene rings is 1. The maximum atomic E-state index is 11.8. The molecule has 1 heterocycles. The van der Waals surface area contributed by atoms with Gasteiger partial charge in [-0.05, 0) is 18.4 Å². The van der Waals surface area contributed by atoms with Gasteiger partial charge in [0.15, 0.2) is 0 Å². The Kier molecular flexibility index (Phi) is 3.62. The van der Waals surface area contributed by atoms with E-state index in [9.17, 15) is 8.78 Å². The number of hydrogen-bond acceptors (Lipinski definition) is 2. The minimum Gasteiger partial charge on any atom is -0.304 e.